The fourth-order valence-electron chi connectivity index (χ4n) is 2.13. The van der Waals surface area contributed by atoms with Gasteiger partial charge in [0.25, 0.3) is 0 Å². The molecule has 4 heteroatoms. The Kier molecular flexibility index (Phi) is 5.84. The number of nitrogens with two attached hydrogens (primary N) is 1. The predicted molar refractivity (Wildman–Crippen MR) is 73.9 cm³/mol. The summed E-state index contributed by atoms with van der Waals surface area (Å²) in [5.41, 5.74) is 4.31. The number of hydrogen-bond acceptors (Lipinski definition) is 2. The van der Waals surface area contributed by atoms with E-state index in [2.05, 4.69) is 19.2 Å². The minimum absolute atomic E-state index is 0.0367. The average Bonchev–Trinajstić information content (AvgIpc) is 2.13. The van der Waals surface area contributed by atoms with Gasteiger partial charge in [0.15, 0.2) is 0 Å². The van der Waals surface area contributed by atoms with Crippen LogP contribution in [0.1, 0.15) is 60.8 Å². The molecule has 0 aliphatic heterocycles. The van der Waals surface area contributed by atoms with Crippen molar-refractivity contribution in [1.29, 1.82) is 0 Å². The van der Waals surface area contributed by atoms with Gasteiger partial charge >= 0.3 is 0 Å². The number of rotatable bonds is 7. The second-order valence-corrected chi connectivity index (χ2v) is 6.57. The van der Waals surface area contributed by atoms with E-state index >= 15 is 0 Å². The van der Waals surface area contributed by atoms with Gasteiger partial charge in [-0.05, 0) is 26.2 Å². The first kappa shape index (κ1) is 16.9. The highest BCUT2D eigenvalue weighted by molar-refractivity contribution is 5.80. The maximum absolute atomic E-state index is 11.9. The highest BCUT2D eigenvalue weighted by Crippen LogP contribution is 2.27. The summed E-state index contributed by atoms with van der Waals surface area (Å²) in [4.78, 5) is 23.2. The highest BCUT2D eigenvalue weighted by atomic mass is 16.2. The van der Waals surface area contributed by atoms with E-state index in [1.807, 2.05) is 13.8 Å². The van der Waals surface area contributed by atoms with E-state index < -0.39 is 11.0 Å². The number of carbonyl (C=O) groups excluding carboxylic acids is 2. The Morgan fingerprint density at radius 3 is 2.11 bits per heavy atom. The molecule has 0 saturated heterocycles. The molecule has 2 amide bonds. The van der Waals surface area contributed by atoms with Crippen molar-refractivity contribution in [3.05, 3.63) is 0 Å². The van der Waals surface area contributed by atoms with Gasteiger partial charge in [0.1, 0.15) is 0 Å². The number of primary amides is 1. The second-order valence-electron chi connectivity index (χ2n) is 6.57. The van der Waals surface area contributed by atoms with Crippen molar-refractivity contribution in [2.75, 3.05) is 0 Å². The van der Waals surface area contributed by atoms with Crippen LogP contribution in [-0.2, 0) is 9.59 Å². The topological polar surface area (TPSA) is 72.2 Å². The summed E-state index contributed by atoms with van der Waals surface area (Å²) in [6, 6.07) is 0. The fraction of sp³-hybridized carbons (Fsp3) is 0.857. The molecule has 0 aromatic rings. The zero-order valence-electron chi connectivity index (χ0n) is 12.6. The van der Waals surface area contributed by atoms with Crippen molar-refractivity contribution < 1.29 is 9.59 Å². The van der Waals surface area contributed by atoms with E-state index in [1.54, 1.807) is 13.8 Å². The Morgan fingerprint density at radius 2 is 1.72 bits per heavy atom. The number of nitrogens with one attached hydrogen (secondary N) is 1. The Balaban J connectivity index is 4.48. The van der Waals surface area contributed by atoms with Crippen LogP contribution in [0.25, 0.3) is 0 Å². The van der Waals surface area contributed by atoms with Crippen LogP contribution < -0.4 is 11.1 Å². The minimum atomic E-state index is -0.618. The third kappa shape index (κ3) is 6.03. The average molecular weight is 256 g/mol. The van der Waals surface area contributed by atoms with Crippen LogP contribution in [-0.4, -0.2) is 17.4 Å². The van der Waals surface area contributed by atoms with E-state index in [9.17, 15) is 9.59 Å². The first-order valence-electron chi connectivity index (χ1n) is 6.61. The van der Waals surface area contributed by atoms with Gasteiger partial charge in [0.2, 0.25) is 11.8 Å². The van der Waals surface area contributed by atoms with Crippen LogP contribution in [0.5, 0.6) is 0 Å². The number of hydrogen-bond donors (Lipinski definition) is 2. The van der Waals surface area contributed by atoms with Crippen molar-refractivity contribution >= 4 is 11.8 Å². The Morgan fingerprint density at radius 1 is 1.22 bits per heavy atom. The lowest BCUT2D eigenvalue weighted by Gasteiger charge is -2.34. The Hall–Kier alpha value is -1.06. The lowest BCUT2D eigenvalue weighted by Crippen LogP contribution is -2.49. The quantitative estimate of drug-likeness (QED) is 0.733. The van der Waals surface area contributed by atoms with Crippen LogP contribution >= 0.6 is 0 Å². The second kappa shape index (κ2) is 6.21. The minimum Gasteiger partial charge on any atom is -0.369 e. The van der Waals surface area contributed by atoms with Crippen molar-refractivity contribution in [2.45, 2.75) is 66.3 Å². The van der Waals surface area contributed by atoms with Gasteiger partial charge in [-0.3, -0.25) is 9.59 Å². The van der Waals surface area contributed by atoms with E-state index in [0.717, 1.165) is 6.42 Å². The monoisotopic (exact) mass is 256 g/mol. The van der Waals surface area contributed by atoms with Gasteiger partial charge in [-0.25, -0.2) is 0 Å². The first-order valence-corrected chi connectivity index (χ1v) is 6.61. The summed E-state index contributed by atoms with van der Waals surface area (Å²) in [5.74, 6) is 0.0753. The van der Waals surface area contributed by atoms with Gasteiger partial charge in [-0.1, -0.05) is 34.1 Å². The lowest BCUT2D eigenvalue weighted by atomic mass is 9.79. The summed E-state index contributed by atoms with van der Waals surface area (Å²) in [7, 11) is 0. The molecule has 0 aliphatic rings. The normalized spacial score (nSPS) is 14.1. The third-order valence-electron chi connectivity index (χ3n) is 3.26. The molecule has 0 radical (unpaired) electrons. The summed E-state index contributed by atoms with van der Waals surface area (Å²) in [6.45, 7) is 11.6. The molecular weight excluding hydrogens is 228 g/mol. The van der Waals surface area contributed by atoms with Crippen molar-refractivity contribution in [2.24, 2.45) is 17.1 Å². The number of amides is 2. The van der Waals surface area contributed by atoms with Gasteiger partial charge < -0.3 is 11.1 Å². The highest BCUT2D eigenvalue weighted by Gasteiger charge is 2.34. The molecule has 18 heavy (non-hydrogen) atoms. The molecule has 0 aromatic carbocycles. The van der Waals surface area contributed by atoms with Crippen LogP contribution in [0.2, 0.25) is 0 Å². The maximum Gasteiger partial charge on any atom is 0.223 e. The molecule has 0 heterocycles. The van der Waals surface area contributed by atoms with Crippen LogP contribution in [0.3, 0.4) is 0 Å². The molecule has 4 nitrogen and oxygen atoms in total. The van der Waals surface area contributed by atoms with Gasteiger partial charge in [0.05, 0.1) is 0 Å². The smallest absolute Gasteiger partial charge is 0.223 e. The largest absolute Gasteiger partial charge is 0.369 e. The summed E-state index contributed by atoms with van der Waals surface area (Å²) >= 11 is 0. The summed E-state index contributed by atoms with van der Waals surface area (Å²) in [6.07, 6.45) is 2.04. The predicted octanol–water partition coefficient (Wildman–Crippen LogP) is 2.22. The summed E-state index contributed by atoms with van der Waals surface area (Å²) < 4.78 is 0. The van der Waals surface area contributed by atoms with Crippen LogP contribution in [0.15, 0.2) is 0 Å². The molecule has 1 unspecified atom stereocenters. The van der Waals surface area contributed by atoms with E-state index in [4.69, 9.17) is 5.73 Å². The standard InChI is InChI=1S/C14H28N2O2/c1-7-10(2)8-11(17)16-14(5,6)9-13(3,4)12(15)18/h10H,7-9H2,1-6H3,(H2,15,18)(H,16,17). The maximum atomic E-state index is 11.9. The van der Waals surface area contributed by atoms with Gasteiger partial charge in [-0.15, -0.1) is 0 Å². The molecule has 0 saturated carbocycles. The molecular formula is C14H28N2O2. The van der Waals surface area contributed by atoms with Crippen LogP contribution in [0.4, 0.5) is 0 Å². The van der Waals surface area contributed by atoms with Crippen molar-refractivity contribution in [1.82, 2.24) is 5.32 Å². The molecule has 0 aromatic heterocycles. The van der Waals surface area contributed by atoms with E-state index in [1.165, 1.54) is 0 Å². The molecule has 0 aliphatic carbocycles. The molecule has 3 N–H and O–H groups in total. The molecule has 0 rings (SSSR count). The molecule has 1 atom stereocenters. The SMILES string of the molecule is CCC(C)CC(=O)NC(C)(C)CC(C)(C)C(N)=O. The fourth-order valence-corrected chi connectivity index (χ4v) is 2.13. The zero-order valence-corrected chi connectivity index (χ0v) is 12.6. The molecule has 0 spiro atoms. The molecule has 0 fully saturated rings. The van der Waals surface area contributed by atoms with Crippen LogP contribution in [0, 0.1) is 11.3 Å². The van der Waals surface area contributed by atoms with E-state index in [-0.39, 0.29) is 11.8 Å². The Bertz CT molecular complexity index is 309. The molecule has 106 valence electrons. The van der Waals surface area contributed by atoms with Gasteiger partial charge in [-0.2, -0.15) is 0 Å². The zero-order chi connectivity index (χ0) is 14.6. The summed E-state index contributed by atoms with van der Waals surface area (Å²) in [5, 5.41) is 2.99. The van der Waals surface area contributed by atoms with Crippen molar-refractivity contribution in [3.8, 4) is 0 Å². The Labute approximate surface area is 111 Å². The molecule has 0 bridgehead atoms. The van der Waals surface area contributed by atoms with Crippen molar-refractivity contribution in [3.63, 3.8) is 0 Å². The number of carbonyl (C=O) groups is 2. The lowest BCUT2D eigenvalue weighted by molar-refractivity contribution is -0.129. The van der Waals surface area contributed by atoms with E-state index in [0.29, 0.717) is 18.8 Å². The van der Waals surface area contributed by atoms with Gasteiger partial charge in [0, 0.05) is 17.4 Å². The first-order chi connectivity index (χ1) is 8.00. The third-order valence-corrected chi connectivity index (χ3v) is 3.26.